The van der Waals surface area contributed by atoms with E-state index < -0.39 is 5.60 Å². The van der Waals surface area contributed by atoms with Gasteiger partial charge in [0.15, 0.2) is 0 Å². The minimum absolute atomic E-state index is 0.0790. The predicted octanol–water partition coefficient (Wildman–Crippen LogP) is 5.30. The monoisotopic (exact) mass is 366 g/mol. The van der Waals surface area contributed by atoms with Gasteiger partial charge in [-0.15, -0.1) is 0 Å². The lowest BCUT2D eigenvalue weighted by molar-refractivity contribution is -0.00524. The molecule has 1 aliphatic carbocycles. The molecule has 0 bridgehead atoms. The third kappa shape index (κ3) is 3.62. The standard InChI is InChI=1S/C23H30N2O2/c1-23(2,3)27-22(26)25-15-9-13-18-20(16-10-5-4-6-11-16)24-19-14-8-7-12-17(19)21(18)25/h4-8,10,12,14,16,18,20-21,24H,9,11,13,15H2,1-3H3/t16?,18-,20+,21+/m1/s1. The number of hydrogen-bond acceptors (Lipinski definition) is 3. The Morgan fingerprint density at radius 3 is 2.78 bits per heavy atom. The third-order valence-corrected chi connectivity index (χ3v) is 5.84. The molecule has 4 rings (SSSR count). The van der Waals surface area contributed by atoms with Crippen LogP contribution in [0.3, 0.4) is 0 Å². The first-order valence-corrected chi connectivity index (χ1v) is 10.1. The first kappa shape index (κ1) is 18.1. The summed E-state index contributed by atoms with van der Waals surface area (Å²) in [5.41, 5.74) is 1.90. The number of amides is 1. The average molecular weight is 367 g/mol. The summed E-state index contributed by atoms with van der Waals surface area (Å²) in [6.07, 6.45) is 11.8. The highest BCUT2D eigenvalue weighted by Gasteiger charge is 2.46. The smallest absolute Gasteiger partial charge is 0.410 e. The van der Waals surface area contributed by atoms with Crippen LogP contribution in [0.4, 0.5) is 10.5 Å². The first-order chi connectivity index (χ1) is 12.9. The molecule has 144 valence electrons. The van der Waals surface area contributed by atoms with Gasteiger partial charge in [-0.05, 0) is 51.7 Å². The van der Waals surface area contributed by atoms with E-state index in [1.807, 2.05) is 25.7 Å². The summed E-state index contributed by atoms with van der Waals surface area (Å²) in [4.78, 5) is 15.0. The lowest BCUT2D eigenvalue weighted by atomic mass is 9.71. The number of carbonyl (C=O) groups excluding carboxylic acids is 1. The quantitative estimate of drug-likeness (QED) is 0.733. The molecular weight excluding hydrogens is 336 g/mol. The normalized spacial score (nSPS) is 29.5. The van der Waals surface area contributed by atoms with Gasteiger partial charge in [-0.2, -0.15) is 0 Å². The fourth-order valence-electron chi connectivity index (χ4n) is 4.79. The van der Waals surface area contributed by atoms with Crippen molar-refractivity contribution in [3.05, 3.63) is 54.1 Å². The Bertz CT molecular complexity index is 762. The number of likely N-dealkylation sites (tertiary alicyclic amines) is 1. The second-order valence-electron chi connectivity index (χ2n) is 8.89. The summed E-state index contributed by atoms with van der Waals surface area (Å²) in [5, 5.41) is 3.81. The van der Waals surface area contributed by atoms with Crippen molar-refractivity contribution in [2.24, 2.45) is 11.8 Å². The topological polar surface area (TPSA) is 41.6 Å². The zero-order valence-corrected chi connectivity index (χ0v) is 16.5. The van der Waals surface area contributed by atoms with E-state index in [4.69, 9.17) is 4.74 Å². The predicted molar refractivity (Wildman–Crippen MR) is 109 cm³/mol. The van der Waals surface area contributed by atoms with E-state index in [0.717, 1.165) is 31.5 Å². The zero-order chi connectivity index (χ0) is 19.0. The number of ether oxygens (including phenoxy) is 1. The Labute approximate surface area is 162 Å². The molecule has 1 aromatic rings. The van der Waals surface area contributed by atoms with Gasteiger partial charge in [-0.3, -0.25) is 0 Å². The highest BCUT2D eigenvalue weighted by atomic mass is 16.6. The molecule has 1 aromatic carbocycles. The highest BCUT2D eigenvalue weighted by molar-refractivity contribution is 5.70. The Morgan fingerprint density at radius 1 is 1.22 bits per heavy atom. The molecule has 1 amide bonds. The van der Waals surface area contributed by atoms with Crippen LogP contribution in [0, 0.1) is 11.8 Å². The molecular formula is C23H30N2O2. The van der Waals surface area contributed by atoms with Gasteiger partial charge in [0.2, 0.25) is 0 Å². The SMILES string of the molecule is CC(C)(C)OC(=O)N1CCC[C@@H]2[C@H](C3C=CC=CC3)Nc3ccccc3[C@@H]21. The summed E-state index contributed by atoms with van der Waals surface area (Å²) < 4.78 is 5.76. The van der Waals surface area contributed by atoms with Crippen molar-refractivity contribution in [1.29, 1.82) is 0 Å². The van der Waals surface area contributed by atoms with Crippen LogP contribution in [0.25, 0.3) is 0 Å². The van der Waals surface area contributed by atoms with Crippen molar-refractivity contribution in [2.45, 2.75) is 57.7 Å². The number of para-hydroxylation sites is 1. The molecule has 1 saturated heterocycles. The van der Waals surface area contributed by atoms with Crippen LogP contribution in [-0.2, 0) is 4.74 Å². The summed E-state index contributed by atoms with van der Waals surface area (Å²) in [5.74, 6) is 0.844. The van der Waals surface area contributed by atoms with Crippen LogP contribution in [-0.4, -0.2) is 29.2 Å². The van der Waals surface area contributed by atoms with Crippen molar-refractivity contribution in [3.8, 4) is 0 Å². The lowest BCUT2D eigenvalue weighted by Gasteiger charge is -2.50. The molecule has 4 atom stereocenters. The number of hydrogen-bond donors (Lipinski definition) is 1. The maximum Gasteiger partial charge on any atom is 0.410 e. The molecule has 4 nitrogen and oxygen atoms in total. The van der Waals surface area contributed by atoms with Gasteiger partial charge in [-0.25, -0.2) is 4.79 Å². The van der Waals surface area contributed by atoms with E-state index in [1.54, 1.807) is 0 Å². The van der Waals surface area contributed by atoms with Gasteiger partial charge in [0.25, 0.3) is 0 Å². The Morgan fingerprint density at radius 2 is 2.04 bits per heavy atom. The zero-order valence-electron chi connectivity index (χ0n) is 16.5. The minimum atomic E-state index is -0.479. The number of benzene rings is 1. The molecule has 3 aliphatic rings. The van der Waals surface area contributed by atoms with Gasteiger partial charge < -0.3 is 15.0 Å². The molecule has 0 radical (unpaired) electrons. The summed E-state index contributed by atoms with van der Waals surface area (Å²) >= 11 is 0. The van der Waals surface area contributed by atoms with E-state index in [9.17, 15) is 4.79 Å². The van der Waals surface area contributed by atoms with Crippen LogP contribution in [0.5, 0.6) is 0 Å². The minimum Gasteiger partial charge on any atom is -0.444 e. The third-order valence-electron chi connectivity index (χ3n) is 5.84. The molecule has 2 aliphatic heterocycles. The molecule has 1 fully saturated rings. The number of nitrogens with zero attached hydrogens (tertiary/aromatic N) is 1. The van der Waals surface area contributed by atoms with Crippen molar-refractivity contribution >= 4 is 11.8 Å². The van der Waals surface area contributed by atoms with Crippen LogP contribution in [0.15, 0.2) is 48.6 Å². The fourth-order valence-corrected chi connectivity index (χ4v) is 4.79. The average Bonchev–Trinajstić information content (AvgIpc) is 2.66. The molecule has 4 heteroatoms. The Hall–Kier alpha value is -2.23. The number of nitrogens with one attached hydrogen (secondary N) is 1. The number of fused-ring (bicyclic) bond motifs is 3. The molecule has 0 saturated carbocycles. The Kier molecular flexibility index (Phi) is 4.75. The van der Waals surface area contributed by atoms with Crippen molar-refractivity contribution in [2.75, 3.05) is 11.9 Å². The highest BCUT2D eigenvalue weighted by Crippen LogP contribution is 2.48. The molecule has 1 unspecified atom stereocenters. The van der Waals surface area contributed by atoms with Gasteiger partial charge in [0, 0.05) is 30.1 Å². The number of allylic oxidation sites excluding steroid dienone is 3. The van der Waals surface area contributed by atoms with E-state index in [0.29, 0.717) is 17.9 Å². The van der Waals surface area contributed by atoms with E-state index >= 15 is 0 Å². The van der Waals surface area contributed by atoms with Crippen LogP contribution in [0.1, 0.15) is 51.6 Å². The molecule has 0 spiro atoms. The maximum atomic E-state index is 13.0. The Balaban J connectivity index is 1.70. The first-order valence-electron chi connectivity index (χ1n) is 10.1. The number of carbonyl (C=O) groups is 1. The van der Waals surface area contributed by atoms with Gasteiger partial charge >= 0.3 is 6.09 Å². The van der Waals surface area contributed by atoms with E-state index in [2.05, 4.69) is 53.9 Å². The second kappa shape index (κ2) is 7.06. The number of anilines is 1. The van der Waals surface area contributed by atoms with E-state index in [-0.39, 0.29) is 12.1 Å². The number of rotatable bonds is 1. The fraction of sp³-hybridized carbons (Fsp3) is 0.522. The molecule has 1 N–H and O–H groups in total. The van der Waals surface area contributed by atoms with Gasteiger partial charge in [0.1, 0.15) is 5.60 Å². The maximum absolute atomic E-state index is 13.0. The summed E-state index contributed by atoms with van der Waals surface area (Å²) in [7, 11) is 0. The van der Waals surface area contributed by atoms with Gasteiger partial charge in [-0.1, -0.05) is 42.5 Å². The molecule has 2 heterocycles. The van der Waals surface area contributed by atoms with Crippen LogP contribution >= 0.6 is 0 Å². The van der Waals surface area contributed by atoms with Gasteiger partial charge in [0.05, 0.1) is 6.04 Å². The largest absolute Gasteiger partial charge is 0.444 e. The van der Waals surface area contributed by atoms with Crippen LogP contribution in [0.2, 0.25) is 0 Å². The van der Waals surface area contributed by atoms with E-state index in [1.165, 1.54) is 5.56 Å². The van der Waals surface area contributed by atoms with Crippen molar-refractivity contribution < 1.29 is 9.53 Å². The summed E-state index contributed by atoms with van der Waals surface area (Å²) in [6.45, 7) is 6.57. The molecule has 0 aromatic heterocycles. The van der Waals surface area contributed by atoms with Crippen molar-refractivity contribution in [1.82, 2.24) is 4.90 Å². The van der Waals surface area contributed by atoms with Crippen LogP contribution < -0.4 is 5.32 Å². The molecule has 27 heavy (non-hydrogen) atoms. The number of piperidine rings is 1. The second-order valence-corrected chi connectivity index (χ2v) is 8.89. The van der Waals surface area contributed by atoms with Crippen molar-refractivity contribution in [3.63, 3.8) is 0 Å². The lowest BCUT2D eigenvalue weighted by Crippen LogP contribution is -2.53. The summed E-state index contributed by atoms with van der Waals surface area (Å²) in [6, 6.07) is 8.86.